The average Bonchev–Trinajstić information content (AvgIpc) is 2.23. The molecule has 1 aromatic rings. The first-order chi connectivity index (χ1) is 7.53. The van der Waals surface area contributed by atoms with Crippen molar-refractivity contribution in [2.24, 2.45) is 0 Å². The lowest BCUT2D eigenvalue weighted by Crippen LogP contribution is -2.35. The lowest BCUT2D eigenvalue weighted by atomic mass is 10.1. The van der Waals surface area contributed by atoms with Gasteiger partial charge in [-0.15, -0.1) is 0 Å². The summed E-state index contributed by atoms with van der Waals surface area (Å²) in [4.78, 5) is 0. The van der Waals surface area contributed by atoms with Crippen LogP contribution in [-0.2, 0) is 6.54 Å². The Balaban J connectivity index is 2.67. The van der Waals surface area contributed by atoms with Gasteiger partial charge in [-0.05, 0) is 26.8 Å². The van der Waals surface area contributed by atoms with Crippen LogP contribution >= 0.6 is 0 Å². The van der Waals surface area contributed by atoms with E-state index in [1.807, 2.05) is 18.2 Å². The highest BCUT2D eigenvalue weighted by atomic mass is 16.5. The number of ether oxygens (including phenoxy) is 1. The van der Waals surface area contributed by atoms with E-state index in [4.69, 9.17) is 4.74 Å². The maximum absolute atomic E-state index is 5.59. The molecule has 0 aliphatic carbocycles. The van der Waals surface area contributed by atoms with E-state index in [1.54, 1.807) is 6.08 Å². The summed E-state index contributed by atoms with van der Waals surface area (Å²) in [6, 6.07) is 8.08. The molecule has 0 spiro atoms. The second-order valence-electron chi connectivity index (χ2n) is 4.81. The van der Waals surface area contributed by atoms with Gasteiger partial charge < -0.3 is 10.1 Å². The lowest BCUT2D eigenvalue weighted by molar-refractivity contribution is 0.352. The summed E-state index contributed by atoms with van der Waals surface area (Å²) in [5.74, 6) is 0.930. The predicted molar refractivity (Wildman–Crippen MR) is 68.7 cm³/mol. The van der Waals surface area contributed by atoms with Gasteiger partial charge in [0.15, 0.2) is 0 Å². The molecule has 0 saturated heterocycles. The van der Waals surface area contributed by atoms with E-state index in [1.165, 1.54) is 5.56 Å². The zero-order valence-corrected chi connectivity index (χ0v) is 10.4. The van der Waals surface area contributed by atoms with Crippen molar-refractivity contribution >= 4 is 0 Å². The van der Waals surface area contributed by atoms with Gasteiger partial charge in [0.05, 0.1) is 0 Å². The van der Waals surface area contributed by atoms with Gasteiger partial charge in [-0.25, -0.2) is 0 Å². The van der Waals surface area contributed by atoms with Gasteiger partial charge in [-0.1, -0.05) is 30.9 Å². The van der Waals surface area contributed by atoms with Gasteiger partial charge in [0.2, 0.25) is 0 Å². The molecule has 1 aromatic carbocycles. The SMILES string of the molecule is C=CCOc1ccccc1CNC(C)(C)C. The topological polar surface area (TPSA) is 21.3 Å². The van der Waals surface area contributed by atoms with Crippen LogP contribution in [0, 0.1) is 0 Å². The van der Waals surface area contributed by atoms with Gasteiger partial charge >= 0.3 is 0 Å². The Hall–Kier alpha value is -1.28. The fourth-order valence-corrected chi connectivity index (χ4v) is 1.30. The Morgan fingerprint density at radius 3 is 2.62 bits per heavy atom. The molecule has 88 valence electrons. The van der Waals surface area contributed by atoms with Crippen molar-refractivity contribution in [1.29, 1.82) is 0 Å². The van der Waals surface area contributed by atoms with Crippen LogP contribution in [0.15, 0.2) is 36.9 Å². The maximum Gasteiger partial charge on any atom is 0.124 e. The fraction of sp³-hybridized carbons (Fsp3) is 0.429. The van der Waals surface area contributed by atoms with Crippen LogP contribution in [0.2, 0.25) is 0 Å². The Morgan fingerprint density at radius 1 is 1.31 bits per heavy atom. The average molecular weight is 219 g/mol. The van der Waals surface area contributed by atoms with Gasteiger partial charge in [0.25, 0.3) is 0 Å². The second kappa shape index (κ2) is 5.71. The molecule has 0 fully saturated rings. The van der Waals surface area contributed by atoms with E-state index < -0.39 is 0 Å². The van der Waals surface area contributed by atoms with Crippen molar-refractivity contribution in [3.8, 4) is 5.75 Å². The van der Waals surface area contributed by atoms with E-state index in [9.17, 15) is 0 Å². The molecular weight excluding hydrogens is 198 g/mol. The molecule has 0 saturated carbocycles. The summed E-state index contributed by atoms with van der Waals surface area (Å²) >= 11 is 0. The van der Waals surface area contributed by atoms with Gasteiger partial charge in [0.1, 0.15) is 12.4 Å². The van der Waals surface area contributed by atoms with E-state index in [-0.39, 0.29) is 5.54 Å². The summed E-state index contributed by atoms with van der Waals surface area (Å²) in [7, 11) is 0. The Morgan fingerprint density at radius 2 is 2.00 bits per heavy atom. The quantitative estimate of drug-likeness (QED) is 0.768. The van der Waals surface area contributed by atoms with Crippen LogP contribution in [-0.4, -0.2) is 12.1 Å². The molecule has 0 aromatic heterocycles. The van der Waals surface area contributed by atoms with Crippen molar-refractivity contribution in [2.45, 2.75) is 32.9 Å². The van der Waals surface area contributed by atoms with Crippen molar-refractivity contribution in [2.75, 3.05) is 6.61 Å². The Labute approximate surface area is 98.3 Å². The summed E-state index contributed by atoms with van der Waals surface area (Å²) < 4.78 is 5.59. The van der Waals surface area contributed by atoms with Crippen LogP contribution in [0.25, 0.3) is 0 Å². The fourth-order valence-electron chi connectivity index (χ4n) is 1.30. The van der Waals surface area contributed by atoms with Gasteiger partial charge in [-0.3, -0.25) is 0 Å². The number of benzene rings is 1. The highest BCUT2D eigenvalue weighted by Gasteiger charge is 2.10. The van der Waals surface area contributed by atoms with Gasteiger partial charge in [-0.2, -0.15) is 0 Å². The van der Waals surface area contributed by atoms with Crippen LogP contribution < -0.4 is 10.1 Å². The van der Waals surface area contributed by atoms with E-state index in [0.717, 1.165) is 12.3 Å². The van der Waals surface area contributed by atoms with E-state index in [0.29, 0.717) is 6.61 Å². The zero-order valence-electron chi connectivity index (χ0n) is 10.4. The third-order valence-corrected chi connectivity index (χ3v) is 2.14. The molecule has 0 unspecified atom stereocenters. The molecule has 0 radical (unpaired) electrons. The van der Waals surface area contributed by atoms with Crippen molar-refractivity contribution in [3.63, 3.8) is 0 Å². The minimum atomic E-state index is 0.117. The highest BCUT2D eigenvalue weighted by Crippen LogP contribution is 2.18. The predicted octanol–water partition coefficient (Wildman–Crippen LogP) is 3.14. The maximum atomic E-state index is 5.59. The molecule has 16 heavy (non-hydrogen) atoms. The number of rotatable bonds is 5. The first-order valence-corrected chi connectivity index (χ1v) is 5.59. The molecule has 2 nitrogen and oxygen atoms in total. The summed E-state index contributed by atoms with van der Waals surface area (Å²) in [5, 5.41) is 3.45. The van der Waals surface area contributed by atoms with Crippen LogP contribution in [0.1, 0.15) is 26.3 Å². The Kier molecular flexibility index (Phi) is 4.56. The smallest absolute Gasteiger partial charge is 0.124 e. The number of para-hydroxylation sites is 1. The molecule has 0 bridgehead atoms. The zero-order chi connectivity index (χ0) is 12.0. The van der Waals surface area contributed by atoms with Gasteiger partial charge in [0, 0.05) is 17.6 Å². The number of hydrogen-bond acceptors (Lipinski definition) is 2. The van der Waals surface area contributed by atoms with Crippen LogP contribution in [0.3, 0.4) is 0 Å². The van der Waals surface area contributed by atoms with E-state index in [2.05, 4.69) is 38.7 Å². The molecule has 0 atom stereocenters. The Bertz CT molecular complexity index is 339. The van der Waals surface area contributed by atoms with E-state index >= 15 is 0 Å². The number of nitrogens with one attached hydrogen (secondary N) is 1. The third kappa shape index (κ3) is 4.49. The summed E-state index contributed by atoms with van der Waals surface area (Å²) in [6.07, 6.45) is 1.76. The normalized spacial score (nSPS) is 11.2. The van der Waals surface area contributed by atoms with Crippen LogP contribution in [0.5, 0.6) is 5.75 Å². The monoisotopic (exact) mass is 219 g/mol. The van der Waals surface area contributed by atoms with Crippen molar-refractivity contribution < 1.29 is 4.74 Å². The highest BCUT2D eigenvalue weighted by molar-refractivity contribution is 5.33. The lowest BCUT2D eigenvalue weighted by Gasteiger charge is -2.21. The molecule has 0 aliphatic rings. The molecule has 1 rings (SSSR count). The molecule has 2 heteroatoms. The minimum Gasteiger partial charge on any atom is -0.489 e. The standard InChI is InChI=1S/C14H21NO/c1-5-10-16-13-9-7-6-8-12(13)11-15-14(2,3)4/h5-9,15H,1,10-11H2,2-4H3. The largest absolute Gasteiger partial charge is 0.489 e. The molecular formula is C14H21NO. The molecule has 0 aliphatic heterocycles. The first-order valence-electron chi connectivity index (χ1n) is 5.59. The molecule has 0 amide bonds. The molecule has 0 heterocycles. The second-order valence-corrected chi connectivity index (χ2v) is 4.81. The number of hydrogen-bond donors (Lipinski definition) is 1. The van der Waals surface area contributed by atoms with Crippen molar-refractivity contribution in [1.82, 2.24) is 5.32 Å². The van der Waals surface area contributed by atoms with Crippen LogP contribution in [0.4, 0.5) is 0 Å². The van der Waals surface area contributed by atoms with Crippen molar-refractivity contribution in [3.05, 3.63) is 42.5 Å². The first kappa shape index (κ1) is 12.8. The minimum absolute atomic E-state index is 0.117. The molecule has 1 N–H and O–H groups in total. The summed E-state index contributed by atoms with van der Waals surface area (Å²) in [6.45, 7) is 11.5. The third-order valence-electron chi connectivity index (χ3n) is 2.14. The summed E-state index contributed by atoms with van der Waals surface area (Å²) in [5.41, 5.74) is 1.30.